The lowest BCUT2D eigenvalue weighted by atomic mass is 9.89. The van der Waals surface area contributed by atoms with Crippen molar-refractivity contribution in [3.63, 3.8) is 0 Å². The van der Waals surface area contributed by atoms with E-state index in [2.05, 4.69) is 9.88 Å². The molecule has 0 amide bonds. The molecule has 28 heavy (non-hydrogen) atoms. The number of ketones is 1. The first kappa shape index (κ1) is 21.1. The summed E-state index contributed by atoms with van der Waals surface area (Å²) in [6.07, 6.45) is -2.81. The Hall–Kier alpha value is -1.64. The average Bonchev–Trinajstić information content (AvgIpc) is 3.01. The van der Waals surface area contributed by atoms with Crippen molar-refractivity contribution >= 4 is 33.9 Å². The molecule has 3 rings (SSSR count). The lowest BCUT2D eigenvalue weighted by Gasteiger charge is -2.31. The molecule has 0 saturated carbocycles. The summed E-state index contributed by atoms with van der Waals surface area (Å²) in [6, 6.07) is 4.47. The van der Waals surface area contributed by atoms with Crippen LogP contribution >= 0.6 is 22.9 Å². The van der Waals surface area contributed by atoms with Gasteiger partial charge in [0.05, 0.1) is 10.4 Å². The normalized spacial score (nSPS) is 18.3. The van der Waals surface area contributed by atoms with Crippen molar-refractivity contribution in [2.24, 2.45) is 5.92 Å². The van der Waals surface area contributed by atoms with Gasteiger partial charge >= 0.3 is 6.18 Å². The number of aromatic nitrogens is 1. The lowest BCUT2D eigenvalue weighted by Crippen LogP contribution is -2.38. The highest BCUT2D eigenvalue weighted by molar-refractivity contribution is 7.16. The summed E-state index contributed by atoms with van der Waals surface area (Å²) in [6.45, 7) is 2.02. The Morgan fingerprint density at radius 1 is 1.32 bits per heavy atom. The summed E-state index contributed by atoms with van der Waals surface area (Å²) in [5, 5.41) is 1.30. The number of rotatable bonds is 5. The molecule has 9 heteroatoms. The van der Waals surface area contributed by atoms with Gasteiger partial charge in [0.2, 0.25) is 0 Å². The van der Waals surface area contributed by atoms with Gasteiger partial charge in [0.1, 0.15) is 5.15 Å². The van der Waals surface area contributed by atoms with Crippen LogP contribution in [-0.2, 0) is 12.7 Å². The summed E-state index contributed by atoms with van der Waals surface area (Å²) >= 11 is 7.76. The van der Waals surface area contributed by atoms with E-state index in [9.17, 15) is 18.0 Å². The Labute approximate surface area is 170 Å². The van der Waals surface area contributed by atoms with E-state index >= 15 is 0 Å². The summed E-state index contributed by atoms with van der Waals surface area (Å²) in [5.41, 5.74) is -0.420. The Morgan fingerprint density at radius 2 is 2.00 bits per heavy atom. The smallest absolute Gasteiger partial charge is 0.354 e. The van der Waals surface area contributed by atoms with Crippen LogP contribution in [0.15, 0.2) is 24.3 Å². The summed E-state index contributed by atoms with van der Waals surface area (Å²) in [5.74, 6) is -0.340. The van der Waals surface area contributed by atoms with Gasteiger partial charge in [-0.2, -0.15) is 13.2 Å². The average molecular weight is 432 g/mol. The van der Waals surface area contributed by atoms with Crippen LogP contribution < -0.4 is 4.90 Å². The Kier molecular flexibility index (Phi) is 6.31. The van der Waals surface area contributed by atoms with Crippen LogP contribution in [0.1, 0.15) is 33.6 Å². The number of halogens is 4. The molecule has 152 valence electrons. The topological polar surface area (TPSA) is 36.4 Å². The second-order valence-corrected chi connectivity index (χ2v) is 8.54. The Bertz CT molecular complexity index is 836. The molecule has 1 aromatic heterocycles. The van der Waals surface area contributed by atoms with Crippen LogP contribution in [0.25, 0.3) is 0 Å². The van der Waals surface area contributed by atoms with Crippen LogP contribution in [0, 0.1) is 5.92 Å². The van der Waals surface area contributed by atoms with E-state index in [0.29, 0.717) is 23.8 Å². The molecular weight excluding hydrogens is 411 g/mol. The number of benzene rings is 1. The largest absolute Gasteiger partial charge is 0.416 e. The van der Waals surface area contributed by atoms with Crippen LogP contribution in [0.2, 0.25) is 5.15 Å². The number of Topliss-reactive ketones (excluding diaryl/α,β-unsaturated/α-hetero) is 1. The highest BCUT2D eigenvalue weighted by atomic mass is 35.5. The maximum Gasteiger partial charge on any atom is 0.416 e. The highest BCUT2D eigenvalue weighted by Crippen LogP contribution is 2.32. The zero-order valence-corrected chi connectivity index (χ0v) is 17.2. The molecule has 4 nitrogen and oxygen atoms in total. The molecular formula is C19H21ClF3N3OS. The molecule has 0 N–H and O–H groups in total. The van der Waals surface area contributed by atoms with E-state index in [1.807, 2.05) is 19.0 Å². The lowest BCUT2D eigenvalue weighted by molar-refractivity contribution is -0.137. The molecule has 2 heterocycles. The number of anilines is 1. The number of carbonyl (C=O) groups is 1. The summed E-state index contributed by atoms with van der Waals surface area (Å²) in [4.78, 5) is 22.1. The fraction of sp³-hybridized carbons (Fsp3) is 0.474. The van der Waals surface area contributed by atoms with E-state index in [1.165, 1.54) is 23.5 Å². The van der Waals surface area contributed by atoms with Crippen molar-refractivity contribution in [3.8, 4) is 0 Å². The number of nitrogens with zero attached hydrogens (tertiary/aromatic N) is 3. The summed E-state index contributed by atoms with van der Waals surface area (Å²) in [7, 11) is 3.80. The molecule has 1 saturated heterocycles. The third-order valence-corrected chi connectivity index (χ3v) is 6.39. The van der Waals surface area contributed by atoms with Gasteiger partial charge < -0.3 is 4.90 Å². The summed E-state index contributed by atoms with van der Waals surface area (Å²) < 4.78 is 38.1. The van der Waals surface area contributed by atoms with E-state index in [4.69, 9.17) is 11.6 Å². The molecule has 1 atom stereocenters. The molecule has 0 radical (unpaired) electrons. The van der Waals surface area contributed by atoms with Crippen LogP contribution in [0.4, 0.5) is 18.3 Å². The second kappa shape index (κ2) is 8.39. The van der Waals surface area contributed by atoms with Gasteiger partial charge in [0.25, 0.3) is 0 Å². The molecule has 2 aromatic rings. The van der Waals surface area contributed by atoms with Crippen LogP contribution in [0.5, 0.6) is 0 Å². The molecule has 1 aliphatic heterocycles. The van der Waals surface area contributed by atoms with Crippen molar-refractivity contribution in [2.75, 3.05) is 32.1 Å². The number of alkyl halides is 3. The number of hydrogen-bond donors (Lipinski definition) is 0. The van der Waals surface area contributed by atoms with Crippen molar-refractivity contribution < 1.29 is 18.0 Å². The van der Waals surface area contributed by atoms with E-state index < -0.39 is 11.7 Å². The first-order chi connectivity index (χ1) is 13.1. The molecule has 1 aromatic carbocycles. The van der Waals surface area contributed by atoms with Crippen molar-refractivity contribution in [2.45, 2.75) is 25.6 Å². The molecule has 1 unspecified atom stereocenters. The predicted octanol–water partition coefficient (Wildman–Crippen LogP) is 4.98. The predicted molar refractivity (Wildman–Crippen MR) is 105 cm³/mol. The molecule has 0 aliphatic carbocycles. The second-order valence-electron chi connectivity index (χ2n) is 7.12. The molecule has 0 spiro atoms. The minimum Gasteiger partial charge on any atom is -0.354 e. The number of likely N-dealkylation sites (tertiary alicyclic amines) is 1. The first-order valence-corrected chi connectivity index (χ1v) is 10.1. The number of piperidine rings is 1. The van der Waals surface area contributed by atoms with E-state index in [0.717, 1.165) is 41.5 Å². The minimum absolute atomic E-state index is 0.109. The van der Waals surface area contributed by atoms with Gasteiger partial charge in [-0.3, -0.25) is 9.69 Å². The van der Waals surface area contributed by atoms with Gasteiger partial charge in [-0.1, -0.05) is 35.1 Å². The Morgan fingerprint density at radius 3 is 2.57 bits per heavy atom. The number of hydrogen-bond acceptors (Lipinski definition) is 5. The fourth-order valence-electron chi connectivity index (χ4n) is 3.29. The number of thiazole rings is 1. The molecule has 0 bridgehead atoms. The van der Waals surface area contributed by atoms with Crippen molar-refractivity contribution in [1.82, 2.24) is 9.88 Å². The maximum absolute atomic E-state index is 12.8. The first-order valence-electron chi connectivity index (χ1n) is 8.91. The third kappa shape index (κ3) is 4.85. The monoisotopic (exact) mass is 431 g/mol. The SMILES string of the molecule is CN(C)c1nc(Cl)c(CN2CCCC(C(=O)c3ccc(C(F)(F)F)cc3)C2)s1. The van der Waals surface area contributed by atoms with Gasteiger partial charge in [-0.15, -0.1) is 0 Å². The fourth-order valence-corrected chi connectivity index (χ4v) is 4.51. The molecule has 1 aliphatic rings. The van der Waals surface area contributed by atoms with E-state index in [-0.39, 0.29) is 11.7 Å². The highest BCUT2D eigenvalue weighted by Gasteiger charge is 2.31. The van der Waals surface area contributed by atoms with Gasteiger partial charge in [-0.05, 0) is 31.5 Å². The zero-order chi connectivity index (χ0) is 20.5. The van der Waals surface area contributed by atoms with E-state index in [1.54, 1.807) is 0 Å². The van der Waals surface area contributed by atoms with Gasteiger partial charge in [0.15, 0.2) is 10.9 Å². The zero-order valence-electron chi connectivity index (χ0n) is 15.6. The quantitative estimate of drug-likeness (QED) is 0.626. The third-order valence-electron chi connectivity index (χ3n) is 4.76. The van der Waals surface area contributed by atoms with Crippen molar-refractivity contribution in [3.05, 3.63) is 45.4 Å². The van der Waals surface area contributed by atoms with Gasteiger partial charge in [-0.25, -0.2) is 4.98 Å². The van der Waals surface area contributed by atoms with Gasteiger partial charge in [0, 0.05) is 38.7 Å². The molecule has 1 fully saturated rings. The van der Waals surface area contributed by atoms with Crippen LogP contribution in [0.3, 0.4) is 0 Å². The maximum atomic E-state index is 12.8. The number of carbonyl (C=O) groups excluding carboxylic acids is 1. The van der Waals surface area contributed by atoms with Crippen LogP contribution in [-0.4, -0.2) is 42.9 Å². The standard InChI is InChI=1S/C19H21ClF3N3OS/c1-25(2)18-24-17(20)15(28-18)11-26-9-3-4-13(10-26)16(27)12-5-7-14(8-6-12)19(21,22)23/h5-8,13H,3-4,9-11H2,1-2H3. The van der Waals surface area contributed by atoms with Crippen molar-refractivity contribution in [1.29, 1.82) is 0 Å². The minimum atomic E-state index is -4.40. The Balaban J connectivity index is 1.66.